The molecule has 2 aromatic rings. The second kappa shape index (κ2) is 8.49. The predicted octanol–water partition coefficient (Wildman–Crippen LogP) is 2.46. The number of benzene rings is 1. The average Bonchev–Trinajstić information content (AvgIpc) is 3.13. The van der Waals surface area contributed by atoms with E-state index in [0.29, 0.717) is 35.5 Å². The third-order valence-corrected chi connectivity index (χ3v) is 7.02. The van der Waals surface area contributed by atoms with Crippen LogP contribution in [0.3, 0.4) is 0 Å². The van der Waals surface area contributed by atoms with E-state index < -0.39 is 28.4 Å². The zero-order chi connectivity index (χ0) is 19.4. The number of hydrogen-bond donors (Lipinski definition) is 0. The third-order valence-electron chi connectivity index (χ3n) is 3.89. The molecule has 0 aliphatic carbocycles. The van der Waals surface area contributed by atoms with Crippen LogP contribution in [0.2, 0.25) is 4.34 Å². The molecule has 1 aromatic heterocycles. The van der Waals surface area contributed by atoms with Crippen molar-refractivity contribution in [1.82, 2.24) is 4.31 Å². The van der Waals surface area contributed by atoms with E-state index in [9.17, 15) is 18.0 Å². The Bertz CT molecular complexity index is 933. The van der Waals surface area contributed by atoms with E-state index in [1.807, 2.05) is 0 Å². The molecule has 3 rings (SSSR count). The number of morpholine rings is 1. The van der Waals surface area contributed by atoms with E-state index in [4.69, 9.17) is 21.1 Å². The Morgan fingerprint density at radius 3 is 2.37 bits per heavy atom. The Kier molecular flexibility index (Phi) is 6.28. The molecule has 1 aliphatic rings. The average molecular weight is 430 g/mol. The largest absolute Gasteiger partial charge is 0.453 e. The fourth-order valence-electron chi connectivity index (χ4n) is 2.46. The van der Waals surface area contributed by atoms with E-state index in [1.54, 1.807) is 6.07 Å². The first-order chi connectivity index (χ1) is 12.9. The van der Waals surface area contributed by atoms with Crippen LogP contribution >= 0.6 is 22.9 Å². The van der Waals surface area contributed by atoms with Crippen molar-refractivity contribution in [2.75, 3.05) is 32.9 Å². The van der Waals surface area contributed by atoms with Crippen LogP contribution in [-0.2, 0) is 19.5 Å². The fourth-order valence-corrected chi connectivity index (χ4v) is 4.80. The highest BCUT2D eigenvalue weighted by Crippen LogP contribution is 2.22. The summed E-state index contributed by atoms with van der Waals surface area (Å²) in [6, 6.07) is 8.65. The fraction of sp³-hybridized carbons (Fsp3) is 0.294. The van der Waals surface area contributed by atoms with Crippen molar-refractivity contribution in [3.8, 4) is 0 Å². The topological polar surface area (TPSA) is 90.0 Å². The van der Waals surface area contributed by atoms with Gasteiger partial charge in [-0.2, -0.15) is 4.31 Å². The van der Waals surface area contributed by atoms with Crippen molar-refractivity contribution in [2.24, 2.45) is 0 Å². The van der Waals surface area contributed by atoms with Crippen molar-refractivity contribution in [2.45, 2.75) is 4.90 Å². The summed E-state index contributed by atoms with van der Waals surface area (Å²) in [5.41, 5.74) is 0.257. The normalized spacial score (nSPS) is 15.4. The van der Waals surface area contributed by atoms with Crippen LogP contribution in [0.25, 0.3) is 0 Å². The summed E-state index contributed by atoms with van der Waals surface area (Å²) in [6.07, 6.45) is 0. The molecule has 2 heterocycles. The highest BCUT2D eigenvalue weighted by molar-refractivity contribution is 7.89. The van der Waals surface area contributed by atoms with Gasteiger partial charge in [-0.1, -0.05) is 11.6 Å². The number of ketones is 1. The smallest absolute Gasteiger partial charge is 0.348 e. The number of thiophene rings is 1. The quantitative estimate of drug-likeness (QED) is 0.517. The summed E-state index contributed by atoms with van der Waals surface area (Å²) in [4.78, 5) is 24.4. The van der Waals surface area contributed by atoms with Gasteiger partial charge in [0.05, 0.1) is 22.4 Å². The Morgan fingerprint density at radius 1 is 1.11 bits per heavy atom. The van der Waals surface area contributed by atoms with E-state index in [-0.39, 0.29) is 10.5 Å². The molecule has 1 aliphatic heterocycles. The molecule has 1 fully saturated rings. The number of ether oxygens (including phenoxy) is 2. The molecule has 1 aromatic carbocycles. The molecule has 0 unspecified atom stereocenters. The lowest BCUT2D eigenvalue weighted by atomic mass is 10.1. The van der Waals surface area contributed by atoms with Gasteiger partial charge in [0, 0.05) is 18.7 Å². The number of carbonyl (C=O) groups is 2. The molecular weight excluding hydrogens is 414 g/mol. The summed E-state index contributed by atoms with van der Waals surface area (Å²) in [7, 11) is -3.62. The first-order valence-electron chi connectivity index (χ1n) is 8.01. The van der Waals surface area contributed by atoms with Crippen LogP contribution in [0.4, 0.5) is 0 Å². The molecule has 27 heavy (non-hydrogen) atoms. The molecular formula is C17H16ClNO6S2. The number of rotatable bonds is 6. The van der Waals surface area contributed by atoms with Gasteiger partial charge in [0.25, 0.3) is 0 Å². The molecule has 0 spiro atoms. The second-order valence-corrected chi connectivity index (χ2v) is 9.30. The molecule has 0 saturated carbocycles. The van der Waals surface area contributed by atoms with Gasteiger partial charge in [-0.15, -0.1) is 11.3 Å². The van der Waals surface area contributed by atoms with Crippen LogP contribution in [0.5, 0.6) is 0 Å². The zero-order valence-electron chi connectivity index (χ0n) is 14.1. The van der Waals surface area contributed by atoms with Crippen LogP contribution in [0.15, 0.2) is 41.3 Å². The molecule has 144 valence electrons. The minimum Gasteiger partial charge on any atom is -0.453 e. The van der Waals surface area contributed by atoms with Crippen molar-refractivity contribution in [3.63, 3.8) is 0 Å². The predicted molar refractivity (Wildman–Crippen MR) is 100.0 cm³/mol. The minimum atomic E-state index is -3.62. The Balaban J connectivity index is 1.62. The number of hydrogen-bond acceptors (Lipinski definition) is 7. The summed E-state index contributed by atoms with van der Waals surface area (Å²) >= 11 is 6.82. The third kappa shape index (κ3) is 4.74. The molecule has 0 bridgehead atoms. The van der Waals surface area contributed by atoms with Gasteiger partial charge in [0.2, 0.25) is 10.0 Å². The van der Waals surface area contributed by atoms with Crippen LogP contribution in [0, 0.1) is 0 Å². The first kappa shape index (κ1) is 20.0. The summed E-state index contributed by atoms with van der Waals surface area (Å²) in [6.45, 7) is 0.870. The van der Waals surface area contributed by atoms with Crippen LogP contribution in [-0.4, -0.2) is 57.4 Å². The van der Waals surface area contributed by atoms with Gasteiger partial charge >= 0.3 is 5.97 Å². The number of carbonyl (C=O) groups excluding carboxylic acids is 2. The van der Waals surface area contributed by atoms with E-state index >= 15 is 0 Å². The Hall–Kier alpha value is -1.78. The molecule has 0 radical (unpaired) electrons. The Labute approximate surface area is 165 Å². The molecule has 1 saturated heterocycles. The maximum absolute atomic E-state index is 12.5. The van der Waals surface area contributed by atoms with Crippen LogP contribution in [0.1, 0.15) is 20.0 Å². The van der Waals surface area contributed by atoms with E-state index in [1.165, 1.54) is 34.6 Å². The Morgan fingerprint density at radius 2 is 1.78 bits per heavy atom. The lowest BCUT2D eigenvalue weighted by Gasteiger charge is -2.26. The van der Waals surface area contributed by atoms with Crippen molar-refractivity contribution in [1.29, 1.82) is 0 Å². The number of nitrogens with zero attached hydrogens (tertiary/aromatic N) is 1. The van der Waals surface area contributed by atoms with Gasteiger partial charge in [0.1, 0.15) is 4.88 Å². The molecule has 0 atom stereocenters. The number of esters is 1. The van der Waals surface area contributed by atoms with Gasteiger partial charge in [-0.05, 0) is 36.4 Å². The molecule has 7 nitrogen and oxygen atoms in total. The summed E-state index contributed by atoms with van der Waals surface area (Å²) in [5.74, 6) is -1.06. The highest BCUT2D eigenvalue weighted by Gasteiger charge is 2.26. The molecule has 0 N–H and O–H groups in total. The van der Waals surface area contributed by atoms with Gasteiger partial charge < -0.3 is 9.47 Å². The van der Waals surface area contributed by atoms with E-state index in [2.05, 4.69) is 0 Å². The number of halogens is 1. The van der Waals surface area contributed by atoms with Crippen molar-refractivity contribution < 1.29 is 27.5 Å². The lowest BCUT2D eigenvalue weighted by Crippen LogP contribution is -2.40. The maximum Gasteiger partial charge on any atom is 0.348 e. The second-order valence-electron chi connectivity index (χ2n) is 5.64. The van der Waals surface area contributed by atoms with Gasteiger partial charge in [-0.3, -0.25) is 4.79 Å². The van der Waals surface area contributed by atoms with Gasteiger partial charge in [0.15, 0.2) is 12.4 Å². The minimum absolute atomic E-state index is 0.103. The maximum atomic E-state index is 12.5. The number of Topliss-reactive ketones (excluding diaryl/α,β-unsaturated/α-hetero) is 1. The molecule has 0 amide bonds. The van der Waals surface area contributed by atoms with Crippen molar-refractivity contribution >= 4 is 44.7 Å². The van der Waals surface area contributed by atoms with Crippen LogP contribution < -0.4 is 0 Å². The standard InChI is InChI=1S/C17H16ClNO6S2/c18-16-6-5-15(26-16)17(21)25-11-14(20)12-1-3-13(4-2-12)27(22,23)19-7-9-24-10-8-19/h1-6H,7-11H2. The summed E-state index contributed by atoms with van der Waals surface area (Å²) in [5, 5.41) is 0. The number of sulfonamides is 1. The van der Waals surface area contributed by atoms with Gasteiger partial charge in [-0.25, -0.2) is 13.2 Å². The molecule has 10 heteroatoms. The lowest BCUT2D eigenvalue weighted by molar-refractivity contribution is 0.0479. The van der Waals surface area contributed by atoms with Crippen molar-refractivity contribution in [3.05, 3.63) is 51.2 Å². The monoisotopic (exact) mass is 429 g/mol. The zero-order valence-corrected chi connectivity index (χ0v) is 16.5. The van der Waals surface area contributed by atoms with E-state index in [0.717, 1.165) is 11.3 Å². The first-order valence-corrected chi connectivity index (χ1v) is 10.6. The SMILES string of the molecule is O=C(COC(=O)c1ccc(Cl)s1)c1ccc(S(=O)(=O)N2CCOCC2)cc1. The highest BCUT2D eigenvalue weighted by atomic mass is 35.5. The summed E-state index contributed by atoms with van der Waals surface area (Å²) < 4.78 is 37.0.